The zero-order valence-electron chi connectivity index (χ0n) is 13.4. The van der Waals surface area contributed by atoms with E-state index in [1.807, 2.05) is 57.1 Å². The van der Waals surface area contributed by atoms with Gasteiger partial charge in [-0.25, -0.2) is 0 Å². The zero-order valence-corrected chi connectivity index (χ0v) is 13.4. The fourth-order valence-electron chi connectivity index (χ4n) is 2.50. The molecule has 0 amide bonds. The van der Waals surface area contributed by atoms with Gasteiger partial charge in [0.25, 0.3) is 0 Å². The summed E-state index contributed by atoms with van der Waals surface area (Å²) in [6.07, 6.45) is 3.01. The van der Waals surface area contributed by atoms with Crippen molar-refractivity contribution in [2.75, 3.05) is 19.0 Å². The quantitative estimate of drug-likeness (QED) is 0.837. The van der Waals surface area contributed by atoms with Gasteiger partial charge >= 0.3 is 0 Å². The molecule has 1 N–H and O–H groups in total. The highest BCUT2D eigenvalue weighted by molar-refractivity contribution is 5.49. The minimum atomic E-state index is -0.514. The smallest absolute Gasteiger partial charge is 0.121 e. The lowest BCUT2D eigenvalue weighted by atomic mass is 9.96. The summed E-state index contributed by atoms with van der Waals surface area (Å²) in [5.41, 5.74) is 0.596. The van der Waals surface area contributed by atoms with Crippen LogP contribution in [0.2, 0.25) is 0 Å². The van der Waals surface area contributed by atoms with Crippen molar-refractivity contribution in [1.82, 2.24) is 5.32 Å². The SMILES string of the molecule is CC(CC(C)(C#N)NC1CC1)Oc1cccc(N(C)C)c1. The number of anilines is 1. The molecule has 1 aromatic carbocycles. The summed E-state index contributed by atoms with van der Waals surface area (Å²) in [6.45, 7) is 3.98. The first-order valence-electron chi connectivity index (χ1n) is 7.55. The molecular weight excluding hydrogens is 262 g/mol. The summed E-state index contributed by atoms with van der Waals surface area (Å²) >= 11 is 0. The van der Waals surface area contributed by atoms with Gasteiger partial charge in [-0.15, -0.1) is 0 Å². The van der Waals surface area contributed by atoms with Gasteiger partial charge < -0.3 is 9.64 Å². The molecule has 2 rings (SSSR count). The van der Waals surface area contributed by atoms with Crippen LogP contribution in [0.15, 0.2) is 24.3 Å². The minimum Gasteiger partial charge on any atom is -0.491 e. The number of hydrogen-bond acceptors (Lipinski definition) is 4. The molecule has 2 unspecified atom stereocenters. The Bertz CT molecular complexity index is 519. The van der Waals surface area contributed by atoms with Gasteiger partial charge in [0.1, 0.15) is 11.3 Å². The van der Waals surface area contributed by atoms with Crippen LogP contribution in [0.5, 0.6) is 5.75 Å². The molecule has 1 aromatic rings. The van der Waals surface area contributed by atoms with Gasteiger partial charge in [-0.05, 0) is 38.8 Å². The molecule has 0 radical (unpaired) electrons. The number of rotatable bonds is 7. The van der Waals surface area contributed by atoms with E-state index >= 15 is 0 Å². The summed E-state index contributed by atoms with van der Waals surface area (Å²) in [7, 11) is 4.02. The van der Waals surface area contributed by atoms with Crippen molar-refractivity contribution in [3.8, 4) is 11.8 Å². The Kier molecular flexibility index (Phi) is 4.74. The monoisotopic (exact) mass is 287 g/mol. The van der Waals surface area contributed by atoms with Crippen molar-refractivity contribution in [2.24, 2.45) is 0 Å². The first-order valence-corrected chi connectivity index (χ1v) is 7.55. The third-order valence-electron chi connectivity index (χ3n) is 3.71. The van der Waals surface area contributed by atoms with Crippen LogP contribution in [0, 0.1) is 11.3 Å². The second-order valence-corrected chi connectivity index (χ2v) is 6.39. The van der Waals surface area contributed by atoms with Crippen molar-refractivity contribution in [1.29, 1.82) is 5.26 Å². The number of benzene rings is 1. The highest BCUT2D eigenvalue weighted by Crippen LogP contribution is 2.26. The first-order chi connectivity index (χ1) is 9.92. The standard InChI is InChI=1S/C17H25N3O/c1-13(11-17(2,12-18)19-14-8-9-14)21-16-7-5-6-15(10-16)20(3)4/h5-7,10,13-14,19H,8-9,11H2,1-4H3. The molecule has 4 nitrogen and oxygen atoms in total. The molecule has 1 saturated carbocycles. The molecule has 0 aromatic heterocycles. The van der Waals surface area contributed by atoms with E-state index in [0.717, 1.165) is 11.4 Å². The van der Waals surface area contributed by atoms with E-state index in [4.69, 9.17) is 4.74 Å². The van der Waals surface area contributed by atoms with Crippen LogP contribution >= 0.6 is 0 Å². The van der Waals surface area contributed by atoms with Crippen LogP contribution in [-0.4, -0.2) is 31.8 Å². The van der Waals surface area contributed by atoms with Gasteiger partial charge in [0.05, 0.1) is 12.2 Å². The van der Waals surface area contributed by atoms with Crippen molar-refractivity contribution in [2.45, 2.75) is 50.8 Å². The van der Waals surface area contributed by atoms with Crippen molar-refractivity contribution >= 4 is 5.69 Å². The summed E-state index contributed by atoms with van der Waals surface area (Å²) < 4.78 is 5.99. The van der Waals surface area contributed by atoms with Crippen LogP contribution in [0.3, 0.4) is 0 Å². The second kappa shape index (κ2) is 6.36. The topological polar surface area (TPSA) is 48.3 Å². The zero-order chi connectivity index (χ0) is 15.5. The predicted molar refractivity (Wildman–Crippen MR) is 85.7 cm³/mol. The van der Waals surface area contributed by atoms with Gasteiger partial charge in [-0.1, -0.05) is 6.07 Å². The highest BCUT2D eigenvalue weighted by Gasteiger charge is 2.34. The maximum absolute atomic E-state index is 9.42. The van der Waals surface area contributed by atoms with Crippen molar-refractivity contribution in [3.05, 3.63) is 24.3 Å². The average Bonchev–Trinajstić information content (AvgIpc) is 3.22. The Morgan fingerprint density at radius 2 is 2.19 bits per heavy atom. The largest absolute Gasteiger partial charge is 0.491 e. The van der Waals surface area contributed by atoms with E-state index in [1.54, 1.807) is 0 Å². The fourth-order valence-corrected chi connectivity index (χ4v) is 2.50. The number of nitriles is 1. The van der Waals surface area contributed by atoms with E-state index < -0.39 is 5.54 Å². The number of hydrogen-bond donors (Lipinski definition) is 1. The van der Waals surface area contributed by atoms with Crippen LogP contribution in [-0.2, 0) is 0 Å². The maximum atomic E-state index is 9.42. The molecule has 1 fully saturated rings. The van der Waals surface area contributed by atoms with Gasteiger partial charge in [0.2, 0.25) is 0 Å². The molecule has 2 atom stereocenters. The van der Waals surface area contributed by atoms with Crippen LogP contribution in [0.1, 0.15) is 33.1 Å². The third-order valence-corrected chi connectivity index (χ3v) is 3.71. The molecule has 4 heteroatoms. The molecule has 0 saturated heterocycles. The van der Waals surface area contributed by atoms with E-state index in [0.29, 0.717) is 12.5 Å². The second-order valence-electron chi connectivity index (χ2n) is 6.39. The van der Waals surface area contributed by atoms with E-state index in [9.17, 15) is 5.26 Å². The molecule has 1 aliphatic carbocycles. The maximum Gasteiger partial charge on any atom is 0.121 e. The summed E-state index contributed by atoms with van der Waals surface area (Å²) in [6, 6.07) is 10.9. The molecule has 0 aliphatic heterocycles. The van der Waals surface area contributed by atoms with Crippen LogP contribution < -0.4 is 15.0 Å². The Morgan fingerprint density at radius 1 is 1.48 bits per heavy atom. The summed E-state index contributed by atoms with van der Waals surface area (Å²) in [4.78, 5) is 2.05. The third kappa shape index (κ3) is 4.64. The normalized spacial score (nSPS) is 18.4. The molecule has 114 valence electrons. The lowest BCUT2D eigenvalue weighted by molar-refractivity contribution is 0.179. The molecule has 21 heavy (non-hydrogen) atoms. The van der Waals surface area contributed by atoms with Gasteiger partial charge in [0, 0.05) is 38.3 Å². The van der Waals surface area contributed by atoms with Crippen molar-refractivity contribution < 1.29 is 4.74 Å². The van der Waals surface area contributed by atoms with Gasteiger partial charge in [-0.2, -0.15) is 5.26 Å². The number of nitrogens with one attached hydrogen (secondary N) is 1. The Hall–Kier alpha value is -1.73. The lowest BCUT2D eigenvalue weighted by Gasteiger charge is -2.27. The highest BCUT2D eigenvalue weighted by atomic mass is 16.5. The minimum absolute atomic E-state index is 0.0155. The average molecular weight is 287 g/mol. The summed E-state index contributed by atoms with van der Waals surface area (Å²) in [5.74, 6) is 0.848. The van der Waals surface area contributed by atoms with Crippen LogP contribution in [0.25, 0.3) is 0 Å². The van der Waals surface area contributed by atoms with Gasteiger partial charge in [-0.3, -0.25) is 5.32 Å². The molecule has 0 heterocycles. The molecular formula is C17H25N3O. The number of ether oxygens (including phenoxy) is 1. The molecule has 1 aliphatic rings. The van der Waals surface area contributed by atoms with E-state index in [-0.39, 0.29) is 6.10 Å². The lowest BCUT2D eigenvalue weighted by Crippen LogP contribution is -2.45. The molecule has 0 spiro atoms. The van der Waals surface area contributed by atoms with E-state index in [1.165, 1.54) is 12.8 Å². The van der Waals surface area contributed by atoms with E-state index in [2.05, 4.69) is 11.4 Å². The Labute approximate surface area is 127 Å². The van der Waals surface area contributed by atoms with Crippen LogP contribution in [0.4, 0.5) is 5.69 Å². The Morgan fingerprint density at radius 3 is 2.76 bits per heavy atom. The Balaban J connectivity index is 1.95. The van der Waals surface area contributed by atoms with Gasteiger partial charge in [0.15, 0.2) is 0 Å². The molecule has 0 bridgehead atoms. The first kappa shape index (κ1) is 15.7. The number of nitrogens with zero attached hydrogens (tertiary/aromatic N) is 2. The fraction of sp³-hybridized carbons (Fsp3) is 0.588. The predicted octanol–water partition coefficient (Wildman–Crippen LogP) is 2.94. The van der Waals surface area contributed by atoms with Crippen molar-refractivity contribution in [3.63, 3.8) is 0 Å². The summed E-state index contributed by atoms with van der Waals surface area (Å²) in [5, 5.41) is 12.8.